The van der Waals surface area contributed by atoms with Crippen LogP contribution >= 0.6 is 11.6 Å². The van der Waals surface area contributed by atoms with Crippen LogP contribution in [-0.4, -0.2) is 45.3 Å². The van der Waals surface area contributed by atoms with E-state index in [0.29, 0.717) is 18.0 Å². The highest BCUT2D eigenvalue weighted by Crippen LogP contribution is 2.36. The van der Waals surface area contributed by atoms with E-state index >= 15 is 0 Å². The molecule has 0 atom stereocenters. The summed E-state index contributed by atoms with van der Waals surface area (Å²) in [5.41, 5.74) is 0.752. The van der Waals surface area contributed by atoms with Crippen molar-refractivity contribution in [1.29, 1.82) is 0 Å². The molecule has 2 rings (SSSR count). The molecule has 0 aliphatic rings. The van der Waals surface area contributed by atoms with Gasteiger partial charge in [-0.1, -0.05) is 24.6 Å². The molecular weight excluding hydrogens is 414 g/mol. The highest BCUT2D eigenvalue weighted by molar-refractivity contribution is 6.32. The van der Waals surface area contributed by atoms with Crippen LogP contribution in [-0.2, 0) is 14.3 Å². The molecule has 0 aliphatic carbocycles. The van der Waals surface area contributed by atoms with Crippen LogP contribution in [0.1, 0.15) is 34.1 Å². The third kappa shape index (κ3) is 6.12. The summed E-state index contributed by atoms with van der Waals surface area (Å²) in [6.45, 7) is 1.86. The largest absolute Gasteiger partial charge is 0.493 e. The lowest BCUT2D eigenvalue weighted by molar-refractivity contribution is -0.119. The number of halogens is 1. The second-order valence-electron chi connectivity index (χ2n) is 6.03. The van der Waals surface area contributed by atoms with Crippen molar-refractivity contribution >= 4 is 35.1 Å². The fourth-order valence-electron chi connectivity index (χ4n) is 2.44. The van der Waals surface area contributed by atoms with Gasteiger partial charge in [-0.15, -0.1) is 0 Å². The van der Waals surface area contributed by atoms with E-state index in [4.69, 9.17) is 25.8 Å². The van der Waals surface area contributed by atoms with Gasteiger partial charge in [0.2, 0.25) is 0 Å². The molecule has 0 aromatic heterocycles. The third-order valence-corrected chi connectivity index (χ3v) is 4.10. The van der Waals surface area contributed by atoms with Gasteiger partial charge in [-0.2, -0.15) is 0 Å². The monoisotopic (exact) mass is 435 g/mol. The van der Waals surface area contributed by atoms with Crippen LogP contribution in [0, 0.1) is 0 Å². The molecule has 0 bridgehead atoms. The first-order valence-electron chi connectivity index (χ1n) is 9.05. The summed E-state index contributed by atoms with van der Waals surface area (Å²) in [5, 5.41) is 2.73. The normalized spacial score (nSPS) is 10.1. The topological polar surface area (TPSA) is 100 Å². The highest BCUT2D eigenvalue weighted by atomic mass is 35.5. The predicted octanol–water partition coefficient (Wildman–Crippen LogP) is 3.72. The van der Waals surface area contributed by atoms with Gasteiger partial charge < -0.3 is 24.3 Å². The Morgan fingerprint density at radius 2 is 1.80 bits per heavy atom. The number of amides is 1. The molecule has 9 heteroatoms. The fraction of sp³-hybridized carbons (Fsp3) is 0.286. The van der Waals surface area contributed by atoms with Gasteiger partial charge in [0.1, 0.15) is 0 Å². The van der Waals surface area contributed by atoms with E-state index in [2.05, 4.69) is 10.1 Å². The molecule has 0 heterocycles. The Morgan fingerprint density at radius 3 is 2.47 bits per heavy atom. The maximum Gasteiger partial charge on any atom is 0.338 e. The van der Waals surface area contributed by atoms with Gasteiger partial charge in [0.15, 0.2) is 18.1 Å². The predicted molar refractivity (Wildman–Crippen MR) is 110 cm³/mol. The Balaban J connectivity index is 2.01. The van der Waals surface area contributed by atoms with Gasteiger partial charge in [0.05, 0.1) is 37.0 Å². The second kappa shape index (κ2) is 11.1. The lowest BCUT2D eigenvalue weighted by atomic mass is 10.2. The van der Waals surface area contributed by atoms with Crippen LogP contribution in [0.5, 0.6) is 11.5 Å². The minimum Gasteiger partial charge on any atom is -0.493 e. The van der Waals surface area contributed by atoms with Crippen molar-refractivity contribution in [2.45, 2.75) is 13.3 Å². The second-order valence-corrected chi connectivity index (χ2v) is 6.44. The average Bonchev–Trinajstić information content (AvgIpc) is 2.75. The number of nitrogens with one attached hydrogen (secondary N) is 1. The van der Waals surface area contributed by atoms with Gasteiger partial charge in [-0.05, 0) is 36.8 Å². The van der Waals surface area contributed by atoms with E-state index in [1.54, 1.807) is 18.2 Å². The molecule has 2 aromatic rings. The van der Waals surface area contributed by atoms with Crippen molar-refractivity contribution in [1.82, 2.24) is 0 Å². The molecule has 2 aromatic carbocycles. The zero-order chi connectivity index (χ0) is 22.1. The molecule has 30 heavy (non-hydrogen) atoms. The summed E-state index contributed by atoms with van der Waals surface area (Å²) in [4.78, 5) is 35.9. The van der Waals surface area contributed by atoms with Crippen molar-refractivity contribution in [2.24, 2.45) is 0 Å². The standard InChI is InChI=1S/C21H22ClNO7/c1-4-8-29-19-16(22)10-14(11-17(19)27-2)21(26)30-12-18(24)23-15-7-5-6-13(9-15)20(25)28-3/h5-7,9-11H,4,8,12H2,1-3H3,(H,23,24). The number of hydrogen-bond donors (Lipinski definition) is 1. The first-order valence-corrected chi connectivity index (χ1v) is 9.43. The minimum absolute atomic E-state index is 0.112. The molecule has 1 amide bonds. The molecule has 1 N–H and O–H groups in total. The van der Waals surface area contributed by atoms with Crippen LogP contribution in [0.15, 0.2) is 36.4 Å². The van der Waals surface area contributed by atoms with Crippen LogP contribution in [0.2, 0.25) is 5.02 Å². The zero-order valence-electron chi connectivity index (χ0n) is 16.8. The van der Waals surface area contributed by atoms with Crippen LogP contribution in [0.3, 0.4) is 0 Å². The Labute approximate surface area is 179 Å². The van der Waals surface area contributed by atoms with Crippen molar-refractivity contribution in [3.05, 3.63) is 52.5 Å². The van der Waals surface area contributed by atoms with Gasteiger partial charge in [-0.3, -0.25) is 4.79 Å². The Bertz CT molecular complexity index is 930. The molecule has 0 saturated carbocycles. The van der Waals surface area contributed by atoms with Gasteiger partial charge in [0, 0.05) is 5.69 Å². The first kappa shape index (κ1) is 23.0. The number of esters is 2. The molecule has 0 spiro atoms. The van der Waals surface area contributed by atoms with E-state index in [0.717, 1.165) is 6.42 Å². The number of anilines is 1. The van der Waals surface area contributed by atoms with Gasteiger partial charge in [-0.25, -0.2) is 9.59 Å². The van der Waals surface area contributed by atoms with Crippen LogP contribution < -0.4 is 14.8 Å². The number of hydrogen-bond acceptors (Lipinski definition) is 7. The summed E-state index contributed by atoms with van der Waals surface area (Å²) in [6.07, 6.45) is 0.779. The number of methoxy groups -OCH3 is 2. The SMILES string of the molecule is CCCOc1c(Cl)cc(C(=O)OCC(=O)Nc2cccc(C(=O)OC)c2)cc1OC. The number of carbonyl (C=O) groups excluding carboxylic acids is 3. The Hall–Kier alpha value is -3.26. The molecule has 0 saturated heterocycles. The number of ether oxygens (including phenoxy) is 4. The number of benzene rings is 2. The molecule has 0 radical (unpaired) electrons. The minimum atomic E-state index is -0.754. The summed E-state index contributed by atoms with van der Waals surface area (Å²) < 4.78 is 20.4. The Kier molecular flexibility index (Phi) is 8.49. The summed E-state index contributed by atoms with van der Waals surface area (Å²) in [7, 11) is 2.69. The molecule has 8 nitrogen and oxygen atoms in total. The van der Waals surface area contributed by atoms with E-state index in [1.165, 1.54) is 32.4 Å². The summed E-state index contributed by atoms with van der Waals surface area (Å²) in [6, 6.07) is 8.99. The molecule has 0 unspecified atom stereocenters. The van der Waals surface area contributed by atoms with E-state index in [9.17, 15) is 14.4 Å². The van der Waals surface area contributed by atoms with Crippen LogP contribution in [0.25, 0.3) is 0 Å². The zero-order valence-corrected chi connectivity index (χ0v) is 17.6. The Morgan fingerprint density at radius 1 is 1.03 bits per heavy atom. The molecule has 160 valence electrons. The van der Waals surface area contributed by atoms with Gasteiger partial charge in [0.25, 0.3) is 5.91 Å². The highest BCUT2D eigenvalue weighted by Gasteiger charge is 2.18. The fourth-order valence-corrected chi connectivity index (χ4v) is 2.70. The first-order chi connectivity index (χ1) is 14.4. The van der Waals surface area contributed by atoms with Crippen molar-refractivity contribution in [3.8, 4) is 11.5 Å². The smallest absolute Gasteiger partial charge is 0.338 e. The molecular formula is C21H22ClNO7. The lowest BCUT2D eigenvalue weighted by Gasteiger charge is -2.13. The van der Waals surface area contributed by atoms with Crippen LogP contribution in [0.4, 0.5) is 5.69 Å². The summed E-state index contributed by atoms with van der Waals surface area (Å²) >= 11 is 6.19. The maximum atomic E-state index is 12.3. The van der Waals surface area contributed by atoms with E-state index in [-0.39, 0.29) is 21.9 Å². The van der Waals surface area contributed by atoms with E-state index in [1.807, 2.05) is 6.92 Å². The number of carbonyl (C=O) groups is 3. The van der Waals surface area contributed by atoms with Gasteiger partial charge >= 0.3 is 11.9 Å². The number of rotatable bonds is 9. The van der Waals surface area contributed by atoms with Crippen molar-refractivity contribution < 1.29 is 33.3 Å². The quantitative estimate of drug-likeness (QED) is 0.599. The maximum absolute atomic E-state index is 12.3. The third-order valence-electron chi connectivity index (χ3n) is 3.82. The lowest BCUT2D eigenvalue weighted by Crippen LogP contribution is -2.21. The van der Waals surface area contributed by atoms with Crippen molar-refractivity contribution in [3.63, 3.8) is 0 Å². The molecule has 0 fully saturated rings. The average molecular weight is 436 g/mol. The summed E-state index contributed by atoms with van der Waals surface area (Å²) in [5.74, 6) is -1.25. The molecule has 0 aliphatic heterocycles. The van der Waals surface area contributed by atoms with E-state index < -0.39 is 24.5 Å². The van der Waals surface area contributed by atoms with Crippen molar-refractivity contribution in [2.75, 3.05) is 32.8 Å².